The molecule has 1 atom stereocenters. The molecule has 0 amide bonds. The predicted octanol–water partition coefficient (Wildman–Crippen LogP) is 5.36. The van der Waals surface area contributed by atoms with Crippen LogP contribution in [0.15, 0.2) is 24.3 Å². The van der Waals surface area contributed by atoms with Crippen molar-refractivity contribution in [3.63, 3.8) is 0 Å². The van der Waals surface area contributed by atoms with E-state index in [9.17, 15) is 13.0 Å². The summed E-state index contributed by atoms with van der Waals surface area (Å²) in [6, 6.07) is 7.19. The summed E-state index contributed by atoms with van der Waals surface area (Å²) in [6.07, 6.45) is 12.8. The molecule has 1 aliphatic heterocycles. The quantitative estimate of drug-likeness (QED) is 0.385. The molecular weight excluding hydrogens is 336 g/mol. The van der Waals surface area contributed by atoms with Crippen LogP contribution in [0.5, 0.6) is 0 Å². The van der Waals surface area contributed by atoms with Crippen molar-refractivity contribution >= 4 is 21.7 Å². The summed E-state index contributed by atoms with van der Waals surface area (Å²) in [7, 11) is -4.26. The summed E-state index contributed by atoms with van der Waals surface area (Å²) in [5, 5.41) is 3.21. The van der Waals surface area contributed by atoms with E-state index in [1.54, 1.807) is 12.1 Å². The zero-order valence-corrected chi connectivity index (χ0v) is 16.1. The Bertz CT molecular complexity index is 619. The van der Waals surface area contributed by atoms with Crippen molar-refractivity contribution < 1.29 is 13.0 Å². The highest BCUT2D eigenvalue weighted by Gasteiger charge is 2.35. The van der Waals surface area contributed by atoms with Gasteiger partial charge in [0.1, 0.15) is 6.17 Å². The molecule has 1 heterocycles. The Morgan fingerprint density at radius 2 is 1.52 bits per heavy atom. The molecule has 1 aromatic carbocycles. The number of hydrogen-bond acceptors (Lipinski definition) is 3. The van der Waals surface area contributed by atoms with Crippen LogP contribution in [0.4, 0.5) is 11.4 Å². The molecule has 1 unspecified atom stereocenters. The SMILES string of the molecule is CCCCCCCCCCCCC1Nc2ccccc2N1S(=O)(=O)O. The molecule has 0 fully saturated rings. The maximum Gasteiger partial charge on any atom is 0.361 e. The van der Waals surface area contributed by atoms with Crippen molar-refractivity contribution in [2.24, 2.45) is 0 Å². The largest absolute Gasteiger partial charge is 0.363 e. The van der Waals surface area contributed by atoms with Gasteiger partial charge in [0.2, 0.25) is 0 Å². The second kappa shape index (κ2) is 10.0. The van der Waals surface area contributed by atoms with Gasteiger partial charge < -0.3 is 5.32 Å². The lowest BCUT2D eigenvalue weighted by Gasteiger charge is -2.23. The zero-order valence-electron chi connectivity index (χ0n) is 15.3. The van der Waals surface area contributed by atoms with Crippen LogP contribution in [0, 0.1) is 0 Å². The Balaban J connectivity index is 1.67. The topological polar surface area (TPSA) is 69.6 Å². The Kier molecular flexibility index (Phi) is 8.03. The van der Waals surface area contributed by atoms with Crippen LogP contribution in [0.1, 0.15) is 77.6 Å². The maximum absolute atomic E-state index is 11.7. The van der Waals surface area contributed by atoms with Crippen LogP contribution >= 0.6 is 0 Å². The van der Waals surface area contributed by atoms with Gasteiger partial charge >= 0.3 is 10.3 Å². The average Bonchev–Trinajstić information content (AvgIpc) is 2.95. The van der Waals surface area contributed by atoms with Gasteiger partial charge in [-0.2, -0.15) is 8.42 Å². The number of fused-ring (bicyclic) bond motifs is 1. The molecule has 1 aromatic rings. The molecule has 142 valence electrons. The van der Waals surface area contributed by atoms with Gasteiger partial charge in [0.05, 0.1) is 11.4 Å². The van der Waals surface area contributed by atoms with Crippen LogP contribution in [-0.2, 0) is 10.3 Å². The van der Waals surface area contributed by atoms with Crippen LogP contribution in [-0.4, -0.2) is 19.1 Å². The molecule has 25 heavy (non-hydrogen) atoms. The second-order valence-corrected chi connectivity index (χ2v) is 8.21. The molecule has 6 heteroatoms. The minimum Gasteiger partial charge on any atom is -0.363 e. The van der Waals surface area contributed by atoms with E-state index in [4.69, 9.17) is 0 Å². The molecule has 2 rings (SSSR count). The molecule has 2 N–H and O–H groups in total. The number of rotatable bonds is 12. The number of benzene rings is 1. The summed E-state index contributed by atoms with van der Waals surface area (Å²) >= 11 is 0. The number of hydrogen-bond donors (Lipinski definition) is 2. The second-order valence-electron chi connectivity index (χ2n) is 6.92. The zero-order chi connectivity index (χ0) is 18.1. The van der Waals surface area contributed by atoms with Crippen molar-refractivity contribution in [3.05, 3.63) is 24.3 Å². The summed E-state index contributed by atoms with van der Waals surface area (Å²) in [6.45, 7) is 2.24. The normalized spacial score (nSPS) is 16.7. The Morgan fingerprint density at radius 1 is 0.960 bits per heavy atom. The van der Waals surface area contributed by atoms with Crippen LogP contribution in [0.25, 0.3) is 0 Å². The van der Waals surface area contributed by atoms with Gasteiger partial charge in [-0.25, -0.2) is 4.31 Å². The lowest BCUT2D eigenvalue weighted by molar-refractivity contribution is 0.467. The summed E-state index contributed by atoms with van der Waals surface area (Å²) in [5.74, 6) is 0. The van der Waals surface area contributed by atoms with E-state index in [1.165, 1.54) is 51.4 Å². The third kappa shape index (κ3) is 6.19. The van der Waals surface area contributed by atoms with E-state index in [-0.39, 0.29) is 6.17 Å². The number of para-hydroxylation sites is 2. The first-order valence-corrected chi connectivity index (χ1v) is 11.1. The molecule has 0 radical (unpaired) electrons. The van der Waals surface area contributed by atoms with Crippen LogP contribution in [0.3, 0.4) is 0 Å². The lowest BCUT2D eigenvalue weighted by Crippen LogP contribution is -2.40. The Morgan fingerprint density at radius 3 is 2.12 bits per heavy atom. The average molecular weight is 369 g/mol. The fourth-order valence-corrected chi connectivity index (χ4v) is 4.38. The minimum absolute atomic E-state index is 0.388. The fourth-order valence-electron chi connectivity index (χ4n) is 3.49. The highest BCUT2D eigenvalue weighted by atomic mass is 32.2. The standard InChI is InChI=1S/C19H32N2O3S/c1-2-3-4-5-6-7-8-9-10-11-16-19-20-17-14-12-13-15-18(17)21(19)25(22,23)24/h12-15,19-20H,2-11,16H2,1H3,(H,22,23,24). The van der Waals surface area contributed by atoms with E-state index < -0.39 is 10.3 Å². The monoisotopic (exact) mass is 368 g/mol. The Labute approximate surface area is 152 Å². The van der Waals surface area contributed by atoms with Crippen LogP contribution < -0.4 is 9.62 Å². The third-order valence-corrected chi connectivity index (χ3v) is 5.77. The highest BCUT2D eigenvalue weighted by molar-refractivity contribution is 7.87. The molecule has 5 nitrogen and oxygen atoms in total. The summed E-state index contributed by atoms with van der Waals surface area (Å²) in [5.41, 5.74) is 1.29. The van der Waals surface area contributed by atoms with Gasteiger partial charge in [0.15, 0.2) is 0 Å². The molecular formula is C19H32N2O3S. The molecule has 0 saturated heterocycles. The predicted molar refractivity (Wildman–Crippen MR) is 104 cm³/mol. The van der Waals surface area contributed by atoms with E-state index >= 15 is 0 Å². The van der Waals surface area contributed by atoms with Crippen LogP contribution in [0.2, 0.25) is 0 Å². The third-order valence-electron chi connectivity index (χ3n) is 4.83. The van der Waals surface area contributed by atoms with E-state index in [2.05, 4.69) is 12.2 Å². The number of anilines is 2. The van der Waals surface area contributed by atoms with Crippen molar-refractivity contribution in [2.75, 3.05) is 9.62 Å². The van der Waals surface area contributed by atoms with Gasteiger partial charge in [-0.1, -0.05) is 76.8 Å². The van der Waals surface area contributed by atoms with E-state index in [1.807, 2.05) is 12.1 Å². The van der Waals surface area contributed by atoms with Crippen molar-refractivity contribution in [3.8, 4) is 0 Å². The van der Waals surface area contributed by atoms with Crippen molar-refractivity contribution in [2.45, 2.75) is 83.7 Å². The molecule has 0 aromatic heterocycles. The van der Waals surface area contributed by atoms with E-state index in [0.717, 1.165) is 22.8 Å². The van der Waals surface area contributed by atoms with Gasteiger partial charge in [-0.05, 0) is 25.0 Å². The smallest absolute Gasteiger partial charge is 0.361 e. The molecule has 1 aliphatic rings. The fraction of sp³-hybridized carbons (Fsp3) is 0.684. The van der Waals surface area contributed by atoms with E-state index in [0.29, 0.717) is 12.1 Å². The van der Waals surface area contributed by atoms with Gasteiger partial charge in [0.25, 0.3) is 0 Å². The van der Waals surface area contributed by atoms with Gasteiger partial charge in [-0.15, -0.1) is 0 Å². The molecule has 0 spiro atoms. The lowest BCUT2D eigenvalue weighted by atomic mass is 10.1. The maximum atomic E-state index is 11.7. The summed E-state index contributed by atoms with van der Waals surface area (Å²) < 4.78 is 34.1. The van der Waals surface area contributed by atoms with Gasteiger partial charge in [-0.3, -0.25) is 4.55 Å². The Hall–Kier alpha value is -1.27. The first kappa shape index (κ1) is 20.0. The number of nitrogens with one attached hydrogen (secondary N) is 1. The highest BCUT2D eigenvalue weighted by Crippen LogP contribution is 2.37. The summed E-state index contributed by atoms with van der Waals surface area (Å²) in [4.78, 5) is 0. The first-order chi connectivity index (χ1) is 12.0. The van der Waals surface area contributed by atoms with Crippen molar-refractivity contribution in [1.82, 2.24) is 0 Å². The van der Waals surface area contributed by atoms with Gasteiger partial charge in [0, 0.05) is 0 Å². The molecule has 0 aliphatic carbocycles. The van der Waals surface area contributed by atoms with Crippen molar-refractivity contribution in [1.29, 1.82) is 0 Å². The number of unbranched alkanes of at least 4 members (excludes halogenated alkanes) is 9. The molecule has 0 bridgehead atoms. The minimum atomic E-state index is -4.26. The molecule has 0 saturated carbocycles. The first-order valence-electron chi connectivity index (χ1n) is 9.66. The number of nitrogens with zero attached hydrogens (tertiary/aromatic N) is 1.